The van der Waals surface area contributed by atoms with Crippen LogP contribution in [0.25, 0.3) is 0 Å². The second-order valence-corrected chi connectivity index (χ2v) is 4.67. The van der Waals surface area contributed by atoms with Gasteiger partial charge in [-0.25, -0.2) is 14.2 Å². The van der Waals surface area contributed by atoms with Gasteiger partial charge in [0, 0.05) is 6.20 Å². The van der Waals surface area contributed by atoms with Crippen molar-refractivity contribution in [2.24, 2.45) is 0 Å². The van der Waals surface area contributed by atoms with Crippen LogP contribution in [-0.4, -0.2) is 16.1 Å². The first-order chi connectivity index (χ1) is 9.65. The maximum Gasteiger partial charge on any atom is 0.338 e. The van der Waals surface area contributed by atoms with Crippen LogP contribution in [0.5, 0.6) is 11.6 Å². The number of ether oxygens (including phenoxy) is 1. The third kappa shape index (κ3) is 2.22. The Morgan fingerprint density at radius 2 is 2.05 bits per heavy atom. The Bertz CT molecular complexity index is 685. The van der Waals surface area contributed by atoms with Gasteiger partial charge < -0.3 is 9.84 Å². The van der Waals surface area contributed by atoms with Crippen molar-refractivity contribution in [2.45, 2.75) is 19.3 Å². The van der Waals surface area contributed by atoms with Crippen molar-refractivity contribution >= 4 is 5.97 Å². The molecule has 5 heteroatoms. The van der Waals surface area contributed by atoms with Crippen LogP contribution in [0.15, 0.2) is 30.5 Å². The Labute approximate surface area is 114 Å². The number of aromatic carboxylic acids is 1. The Morgan fingerprint density at radius 3 is 2.85 bits per heavy atom. The summed E-state index contributed by atoms with van der Waals surface area (Å²) in [5, 5.41) is 8.86. The molecule has 1 aliphatic rings. The molecule has 1 heterocycles. The lowest BCUT2D eigenvalue weighted by molar-refractivity contribution is 0.0690. The molecule has 20 heavy (non-hydrogen) atoms. The topological polar surface area (TPSA) is 59.4 Å². The lowest BCUT2D eigenvalue weighted by Crippen LogP contribution is -2.03. The lowest BCUT2D eigenvalue weighted by atomic mass is 10.1. The fourth-order valence-electron chi connectivity index (χ4n) is 2.38. The number of aryl methyl sites for hydroxylation is 2. The summed E-state index contributed by atoms with van der Waals surface area (Å²) >= 11 is 0. The van der Waals surface area contributed by atoms with Crippen molar-refractivity contribution in [3.05, 3.63) is 53.0 Å². The minimum absolute atomic E-state index is 0.317. The Balaban J connectivity index is 1.92. The van der Waals surface area contributed by atoms with Gasteiger partial charge in [-0.15, -0.1) is 0 Å². The second kappa shape index (κ2) is 4.92. The number of rotatable bonds is 3. The minimum Gasteiger partial charge on any atom is -0.478 e. The molecule has 0 saturated carbocycles. The van der Waals surface area contributed by atoms with Crippen LogP contribution >= 0.6 is 0 Å². The van der Waals surface area contributed by atoms with Crippen molar-refractivity contribution in [3.8, 4) is 11.6 Å². The monoisotopic (exact) mass is 273 g/mol. The maximum absolute atomic E-state index is 13.9. The van der Waals surface area contributed by atoms with Crippen molar-refractivity contribution in [2.75, 3.05) is 0 Å². The quantitative estimate of drug-likeness (QED) is 0.932. The number of pyridine rings is 1. The first-order valence-electron chi connectivity index (χ1n) is 6.32. The van der Waals surface area contributed by atoms with Gasteiger partial charge in [-0.3, -0.25) is 0 Å². The number of hydrogen-bond acceptors (Lipinski definition) is 3. The van der Waals surface area contributed by atoms with Crippen molar-refractivity contribution in [1.29, 1.82) is 0 Å². The number of carboxylic acid groups (broad SMARTS) is 1. The van der Waals surface area contributed by atoms with E-state index in [2.05, 4.69) is 4.98 Å². The molecule has 1 N–H and O–H groups in total. The summed E-state index contributed by atoms with van der Waals surface area (Å²) in [6.07, 6.45) is 4.36. The van der Waals surface area contributed by atoms with Crippen LogP contribution in [0.2, 0.25) is 0 Å². The molecule has 3 rings (SSSR count). The van der Waals surface area contributed by atoms with Gasteiger partial charge in [-0.2, -0.15) is 0 Å². The van der Waals surface area contributed by atoms with Crippen LogP contribution < -0.4 is 4.74 Å². The molecule has 0 atom stereocenters. The molecule has 0 fully saturated rings. The molecular weight excluding hydrogens is 261 g/mol. The molecular formula is C15H12FNO3. The molecule has 102 valence electrons. The summed E-state index contributed by atoms with van der Waals surface area (Å²) in [7, 11) is 0. The van der Waals surface area contributed by atoms with Gasteiger partial charge in [0.2, 0.25) is 0 Å². The Hall–Kier alpha value is -2.43. The van der Waals surface area contributed by atoms with Gasteiger partial charge >= 0.3 is 5.97 Å². The number of benzene rings is 1. The van der Waals surface area contributed by atoms with E-state index in [0.29, 0.717) is 5.75 Å². The molecule has 0 aliphatic heterocycles. The molecule has 0 amide bonds. The smallest absolute Gasteiger partial charge is 0.338 e. The highest BCUT2D eigenvalue weighted by molar-refractivity contribution is 5.88. The van der Waals surface area contributed by atoms with E-state index in [1.165, 1.54) is 17.3 Å². The molecule has 0 saturated heterocycles. The van der Waals surface area contributed by atoms with Crippen molar-refractivity contribution in [3.63, 3.8) is 0 Å². The third-order valence-corrected chi connectivity index (χ3v) is 3.37. The standard InChI is InChI=1S/C15H12FNO3/c16-13-12(15(18)19)6-7-17-14(13)20-11-5-4-9-2-1-3-10(9)8-11/h4-8H,1-3H2,(H,18,19). The minimum atomic E-state index is -1.34. The van der Waals surface area contributed by atoms with Gasteiger partial charge in [0.15, 0.2) is 5.82 Å². The molecule has 1 aromatic carbocycles. The largest absolute Gasteiger partial charge is 0.478 e. The number of hydrogen-bond donors (Lipinski definition) is 1. The highest BCUT2D eigenvalue weighted by atomic mass is 19.1. The zero-order chi connectivity index (χ0) is 14.1. The molecule has 0 spiro atoms. The number of carboxylic acids is 1. The number of carbonyl (C=O) groups is 1. The first-order valence-corrected chi connectivity index (χ1v) is 6.32. The van der Waals surface area contributed by atoms with Crippen LogP contribution in [-0.2, 0) is 12.8 Å². The normalized spacial score (nSPS) is 13.1. The van der Waals surface area contributed by atoms with Crippen LogP contribution in [0.1, 0.15) is 27.9 Å². The highest BCUT2D eigenvalue weighted by Crippen LogP contribution is 2.29. The van der Waals surface area contributed by atoms with Crippen LogP contribution in [0.3, 0.4) is 0 Å². The zero-order valence-corrected chi connectivity index (χ0v) is 10.6. The van der Waals surface area contributed by atoms with Crippen LogP contribution in [0, 0.1) is 5.82 Å². The number of nitrogens with zero attached hydrogens (tertiary/aromatic N) is 1. The van der Waals surface area contributed by atoms with E-state index in [4.69, 9.17) is 9.84 Å². The zero-order valence-electron chi connectivity index (χ0n) is 10.6. The summed E-state index contributed by atoms with van der Waals surface area (Å²) in [5.41, 5.74) is 2.03. The lowest BCUT2D eigenvalue weighted by Gasteiger charge is -2.08. The van der Waals surface area contributed by atoms with Gasteiger partial charge in [0.05, 0.1) is 0 Å². The van der Waals surface area contributed by atoms with E-state index < -0.39 is 17.3 Å². The van der Waals surface area contributed by atoms with Gasteiger partial charge in [-0.05, 0) is 48.6 Å². The SMILES string of the molecule is O=C(O)c1ccnc(Oc2ccc3c(c2)CCC3)c1F. The molecule has 0 unspecified atom stereocenters. The first kappa shape index (κ1) is 12.6. The third-order valence-electron chi connectivity index (χ3n) is 3.37. The summed E-state index contributed by atoms with van der Waals surface area (Å²) in [4.78, 5) is 14.6. The van der Waals surface area contributed by atoms with Gasteiger partial charge in [0.25, 0.3) is 5.88 Å². The maximum atomic E-state index is 13.9. The summed E-state index contributed by atoms with van der Waals surface area (Å²) in [5.74, 6) is -2.15. The van der Waals surface area contributed by atoms with Crippen molar-refractivity contribution in [1.82, 2.24) is 4.98 Å². The van der Waals surface area contributed by atoms with Gasteiger partial charge in [0.1, 0.15) is 11.3 Å². The molecule has 4 nitrogen and oxygen atoms in total. The number of aromatic nitrogens is 1. The highest BCUT2D eigenvalue weighted by Gasteiger charge is 2.18. The molecule has 1 aliphatic carbocycles. The number of fused-ring (bicyclic) bond motifs is 1. The summed E-state index contributed by atoms with van der Waals surface area (Å²) < 4.78 is 19.3. The van der Waals surface area contributed by atoms with E-state index in [-0.39, 0.29) is 5.88 Å². The van der Waals surface area contributed by atoms with E-state index >= 15 is 0 Å². The van der Waals surface area contributed by atoms with Crippen LogP contribution in [0.4, 0.5) is 4.39 Å². The molecule has 0 radical (unpaired) electrons. The van der Waals surface area contributed by atoms with E-state index in [1.54, 1.807) is 6.07 Å². The average molecular weight is 273 g/mol. The fourth-order valence-corrected chi connectivity index (χ4v) is 2.38. The number of halogens is 1. The average Bonchev–Trinajstić information content (AvgIpc) is 2.88. The predicted molar refractivity (Wildman–Crippen MR) is 69.7 cm³/mol. The summed E-state index contributed by atoms with van der Waals surface area (Å²) in [6.45, 7) is 0. The van der Waals surface area contributed by atoms with E-state index in [0.717, 1.165) is 25.3 Å². The molecule has 0 bridgehead atoms. The Kier molecular flexibility index (Phi) is 3.10. The summed E-state index contributed by atoms with van der Waals surface area (Å²) in [6, 6.07) is 6.67. The fraction of sp³-hybridized carbons (Fsp3) is 0.200. The van der Waals surface area contributed by atoms with E-state index in [1.807, 2.05) is 12.1 Å². The van der Waals surface area contributed by atoms with Gasteiger partial charge in [-0.1, -0.05) is 6.07 Å². The van der Waals surface area contributed by atoms with Crippen molar-refractivity contribution < 1.29 is 19.0 Å². The second-order valence-electron chi connectivity index (χ2n) is 4.67. The molecule has 1 aromatic heterocycles. The Morgan fingerprint density at radius 1 is 1.25 bits per heavy atom. The molecule has 2 aromatic rings. The van der Waals surface area contributed by atoms with E-state index in [9.17, 15) is 9.18 Å². The predicted octanol–water partition coefficient (Wildman–Crippen LogP) is 3.20.